The van der Waals surface area contributed by atoms with Crippen molar-refractivity contribution in [3.63, 3.8) is 0 Å². The van der Waals surface area contributed by atoms with Crippen LogP contribution in [0.4, 0.5) is 0 Å². The molecular formula is C11H27Si4. The highest BCUT2D eigenvalue weighted by Crippen LogP contribution is 2.31. The van der Waals surface area contributed by atoms with Gasteiger partial charge in [-0.3, -0.25) is 0 Å². The second-order valence-corrected chi connectivity index (χ2v) is 24.0. The summed E-state index contributed by atoms with van der Waals surface area (Å²) in [5.74, 6) is 0. The monoisotopic (exact) mass is 271 g/mol. The fraction of sp³-hybridized carbons (Fsp3) is 0.818. The fourth-order valence-corrected chi connectivity index (χ4v) is 20.2. The van der Waals surface area contributed by atoms with E-state index in [1.54, 1.807) is 4.82 Å². The second-order valence-electron chi connectivity index (χ2n) is 7.50. The number of rotatable bonds is 3. The van der Waals surface area contributed by atoms with Crippen LogP contribution in [-0.2, 0) is 0 Å². The second kappa shape index (κ2) is 4.47. The van der Waals surface area contributed by atoms with E-state index in [4.69, 9.17) is 0 Å². The Kier molecular flexibility index (Phi) is 4.65. The van der Waals surface area contributed by atoms with Crippen molar-refractivity contribution in [2.24, 2.45) is 0 Å². The maximum absolute atomic E-state index is 4.00. The minimum atomic E-state index is -1.18. The van der Waals surface area contributed by atoms with Gasteiger partial charge in [-0.05, 0) is 0 Å². The van der Waals surface area contributed by atoms with E-state index in [2.05, 4.69) is 69.2 Å². The van der Waals surface area contributed by atoms with Gasteiger partial charge in [-0.25, -0.2) is 0 Å². The average Bonchev–Trinajstić information content (AvgIpc) is 1.76. The van der Waals surface area contributed by atoms with Gasteiger partial charge in [-0.2, -0.15) is 0 Å². The predicted molar refractivity (Wildman–Crippen MR) is 82.8 cm³/mol. The first-order valence-electron chi connectivity index (χ1n) is 5.75. The summed E-state index contributed by atoms with van der Waals surface area (Å²) in [7, 11) is 0.488. The molecule has 0 fully saturated rings. The van der Waals surface area contributed by atoms with Gasteiger partial charge in [0.15, 0.2) is 0 Å². The predicted octanol–water partition coefficient (Wildman–Crippen LogP) is 4.04. The van der Waals surface area contributed by atoms with E-state index in [9.17, 15) is 0 Å². The maximum Gasteiger partial charge on any atom is 0.0671 e. The third kappa shape index (κ3) is 4.54. The van der Waals surface area contributed by atoms with Crippen molar-refractivity contribution in [2.75, 3.05) is 0 Å². The number of hydrogen-bond acceptors (Lipinski definition) is 0. The Balaban J connectivity index is 5.71. The normalized spacial score (nSPS) is 14.0. The van der Waals surface area contributed by atoms with Crippen LogP contribution in [0.25, 0.3) is 0 Å². The van der Waals surface area contributed by atoms with Gasteiger partial charge in [0.05, 0.1) is 34.5 Å². The summed E-state index contributed by atoms with van der Waals surface area (Å²) in [6.07, 6.45) is 0. The molecule has 3 radical (unpaired) electrons. The standard InChI is InChI=1S/C11H27Si4/c1-13(2,3)10(12)11(14(4,5)6)15(7,8)9/h1-9H3. The molecule has 0 spiro atoms. The molecule has 87 valence electrons. The molecule has 0 amide bonds. The molecule has 0 atom stereocenters. The highest BCUT2D eigenvalue weighted by atomic mass is 28.4. The first kappa shape index (κ1) is 15.6. The Morgan fingerprint density at radius 1 is 0.600 bits per heavy atom. The molecule has 0 aliphatic rings. The largest absolute Gasteiger partial charge is 0.106 e. The lowest BCUT2D eigenvalue weighted by Crippen LogP contribution is -2.45. The van der Waals surface area contributed by atoms with Crippen molar-refractivity contribution in [1.82, 2.24) is 0 Å². The van der Waals surface area contributed by atoms with Gasteiger partial charge in [0.1, 0.15) is 0 Å². The van der Waals surface area contributed by atoms with Crippen LogP contribution in [0.3, 0.4) is 0 Å². The van der Waals surface area contributed by atoms with E-state index >= 15 is 0 Å². The third-order valence-corrected chi connectivity index (χ3v) is 15.8. The molecular weight excluding hydrogens is 244 g/mol. The lowest BCUT2D eigenvalue weighted by molar-refractivity contribution is 1.60. The Bertz CT molecular complexity index is 242. The highest BCUT2D eigenvalue weighted by Gasteiger charge is 2.35. The van der Waals surface area contributed by atoms with Crippen LogP contribution in [0.5, 0.6) is 0 Å². The van der Waals surface area contributed by atoms with E-state index in [0.717, 1.165) is 0 Å². The summed E-state index contributed by atoms with van der Waals surface area (Å²) >= 11 is 0. The van der Waals surface area contributed by atoms with Crippen molar-refractivity contribution >= 4 is 34.5 Å². The van der Waals surface area contributed by atoms with Crippen LogP contribution >= 0.6 is 0 Å². The minimum Gasteiger partial charge on any atom is -0.106 e. The molecule has 0 nitrogen and oxygen atoms in total. The van der Waals surface area contributed by atoms with Gasteiger partial charge < -0.3 is 0 Å². The molecule has 0 aromatic heterocycles. The van der Waals surface area contributed by atoms with E-state index in [1.165, 1.54) is 0 Å². The maximum atomic E-state index is 4.00. The summed E-state index contributed by atoms with van der Waals surface area (Å²) in [6, 6.07) is 0. The van der Waals surface area contributed by atoms with Gasteiger partial charge in [0.2, 0.25) is 0 Å². The summed E-state index contributed by atoms with van der Waals surface area (Å²) < 4.78 is 0. The summed E-state index contributed by atoms with van der Waals surface area (Å²) in [4.78, 5) is 3.46. The lowest BCUT2D eigenvalue weighted by Gasteiger charge is -2.37. The van der Waals surface area contributed by atoms with Crippen molar-refractivity contribution in [3.05, 3.63) is 9.64 Å². The molecule has 0 bridgehead atoms. The molecule has 15 heavy (non-hydrogen) atoms. The Morgan fingerprint density at radius 3 is 0.933 bits per heavy atom. The van der Waals surface area contributed by atoms with Crippen LogP contribution in [0.1, 0.15) is 0 Å². The van der Waals surface area contributed by atoms with Crippen LogP contribution < -0.4 is 0 Å². The molecule has 0 saturated heterocycles. The lowest BCUT2D eigenvalue weighted by atomic mass is 11.2. The summed E-state index contributed by atoms with van der Waals surface area (Å²) in [6.45, 7) is 22.2. The van der Waals surface area contributed by atoms with Crippen molar-refractivity contribution in [1.29, 1.82) is 0 Å². The van der Waals surface area contributed by atoms with E-state index in [1.807, 2.05) is 4.82 Å². The summed E-state index contributed by atoms with van der Waals surface area (Å²) in [5.41, 5.74) is 0. The molecule has 0 N–H and O–H groups in total. The molecule has 0 saturated carbocycles. The van der Waals surface area contributed by atoms with Crippen LogP contribution in [0, 0.1) is 0 Å². The number of hydrogen-bond donors (Lipinski definition) is 0. The van der Waals surface area contributed by atoms with Crippen LogP contribution in [0.15, 0.2) is 9.64 Å². The molecule has 4 heteroatoms. The van der Waals surface area contributed by atoms with Gasteiger partial charge in [0.25, 0.3) is 0 Å². The zero-order chi connectivity index (χ0) is 12.7. The summed E-state index contributed by atoms with van der Waals surface area (Å²) in [5, 5.41) is 0. The molecule has 0 rings (SSSR count). The van der Waals surface area contributed by atoms with Gasteiger partial charge >= 0.3 is 0 Å². The SMILES string of the molecule is C[Si](C)(C)C([Si])=C([Si](C)(C)C)[Si](C)(C)C. The van der Waals surface area contributed by atoms with Crippen molar-refractivity contribution in [3.8, 4) is 0 Å². The van der Waals surface area contributed by atoms with E-state index in [0.29, 0.717) is 0 Å². The minimum absolute atomic E-state index is 1.17. The van der Waals surface area contributed by atoms with Crippen LogP contribution in [-0.4, -0.2) is 34.5 Å². The first-order valence-corrected chi connectivity index (χ1v) is 16.8. The molecule has 0 aromatic rings. The smallest absolute Gasteiger partial charge is 0.0671 e. The van der Waals surface area contributed by atoms with Crippen molar-refractivity contribution < 1.29 is 0 Å². The van der Waals surface area contributed by atoms with Gasteiger partial charge in [0, 0.05) is 0 Å². The Morgan fingerprint density at radius 2 is 0.867 bits per heavy atom. The van der Waals surface area contributed by atoms with E-state index < -0.39 is 24.2 Å². The molecule has 0 aliphatic carbocycles. The zero-order valence-electron chi connectivity index (χ0n) is 12.0. The molecule has 0 unspecified atom stereocenters. The van der Waals surface area contributed by atoms with Crippen molar-refractivity contribution in [2.45, 2.75) is 58.9 Å². The molecule has 0 aliphatic heterocycles. The Labute approximate surface area is 103 Å². The third-order valence-electron chi connectivity index (χ3n) is 2.50. The molecule has 0 heterocycles. The van der Waals surface area contributed by atoms with Gasteiger partial charge in [-0.1, -0.05) is 63.7 Å². The van der Waals surface area contributed by atoms with E-state index in [-0.39, 0.29) is 0 Å². The topological polar surface area (TPSA) is 0 Å². The first-order chi connectivity index (χ1) is 6.28. The molecule has 0 aromatic carbocycles. The average molecular weight is 272 g/mol. The Hall–Kier alpha value is 0.608. The zero-order valence-corrected chi connectivity index (χ0v) is 16.0. The highest BCUT2D eigenvalue weighted by molar-refractivity contribution is 7.08. The quantitative estimate of drug-likeness (QED) is 0.680. The van der Waals surface area contributed by atoms with Crippen LogP contribution in [0.2, 0.25) is 58.9 Å². The van der Waals surface area contributed by atoms with Gasteiger partial charge in [-0.15, -0.1) is 4.82 Å². The fourth-order valence-electron chi connectivity index (χ4n) is 2.25.